The van der Waals surface area contributed by atoms with Gasteiger partial charge in [-0.15, -0.1) is 0 Å². The first-order chi connectivity index (χ1) is 8.31. The number of carbonyl (C=O) groups is 2. The summed E-state index contributed by atoms with van der Waals surface area (Å²) < 4.78 is 15.0. The van der Waals surface area contributed by atoms with Crippen LogP contribution in [0.15, 0.2) is 0 Å². The van der Waals surface area contributed by atoms with Gasteiger partial charge in [0.1, 0.15) is 11.6 Å². The van der Waals surface area contributed by atoms with Gasteiger partial charge in [0.15, 0.2) is 0 Å². The fraction of sp³-hybridized carbons (Fsp3) is 0.833. The Morgan fingerprint density at radius 3 is 2.50 bits per heavy atom. The van der Waals surface area contributed by atoms with E-state index >= 15 is 0 Å². The predicted octanol–water partition coefficient (Wildman–Crippen LogP) is 1.23. The molecule has 6 heteroatoms. The van der Waals surface area contributed by atoms with Gasteiger partial charge < -0.3 is 19.5 Å². The third-order valence-corrected chi connectivity index (χ3v) is 2.16. The number of alkyl carbamates (subject to hydrolysis) is 1. The maximum Gasteiger partial charge on any atom is 0.408 e. The molecule has 1 aliphatic rings. The summed E-state index contributed by atoms with van der Waals surface area (Å²) in [6, 6.07) is -0.715. The molecule has 0 bridgehead atoms. The number of hydrogen-bond acceptors (Lipinski definition) is 5. The number of amides is 1. The molecule has 1 N–H and O–H groups in total. The van der Waals surface area contributed by atoms with Crippen molar-refractivity contribution in [2.75, 3.05) is 13.2 Å². The minimum atomic E-state index is -0.715. The van der Waals surface area contributed by atoms with Crippen LogP contribution >= 0.6 is 0 Å². The number of ether oxygens (including phenoxy) is 3. The Morgan fingerprint density at radius 2 is 2.06 bits per heavy atom. The molecule has 0 aromatic rings. The highest BCUT2D eigenvalue weighted by atomic mass is 16.6. The molecule has 1 amide bonds. The summed E-state index contributed by atoms with van der Waals surface area (Å²) >= 11 is 0. The van der Waals surface area contributed by atoms with Gasteiger partial charge in [0, 0.05) is 6.42 Å². The quantitative estimate of drug-likeness (QED) is 0.593. The van der Waals surface area contributed by atoms with Crippen molar-refractivity contribution >= 4 is 12.1 Å². The van der Waals surface area contributed by atoms with Gasteiger partial charge in [-0.1, -0.05) is 0 Å². The van der Waals surface area contributed by atoms with Gasteiger partial charge >= 0.3 is 12.1 Å². The smallest absolute Gasteiger partial charge is 0.408 e. The summed E-state index contributed by atoms with van der Waals surface area (Å²) in [6.07, 6.45) is -0.187. The Morgan fingerprint density at radius 1 is 1.44 bits per heavy atom. The Labute approximate surface area is 107 Å². The molecule has 1 fully saturated rings. The van der Waals surface area contributed by atoms with Crippen LogP contribution in [-0.4, -0.2) is 43.0 Å². The molecule has 1 rings (SSSR count). The molecule has 1 heterocycles. The standard InChI is InChI=1S/C12H21NO5/c1-5-16-10(14)9(6-8-7-17-8)13-11(15)18-12(2,3)4/h8-9H,5-7H2,1-4H3,(H,13,15). The molecule has 1 saturated heterocycles. The minimum Gasteiger partial charge on any atom is -0.464 e. The van der Waals surface area contributed by atoms with Crippen LogP contribution < -0.4 is 5.32 Å². The first kappa shape index (κ1) is 14.8. The molecule has 104 valence electrons. The molecule has 0 radical (unpaired) electrons. The molecule has 0 aromatic heterocycles. The summed E-state index contributed by atoms with van der Waals surface area (Å²) in [5.41, 5.74) is -0.598. The van der Waals surface area contributed by atoms with Crippen LogP contribution in [-0.2, 0) is 19.0 Å². The van der Waals surface area contributed by atoms with E-state index in [1.165, 1.54) is 0 Å². The molecule has 0 spiro atoms. The molecule has 0 aromatic carbocycles. The first-order valence-electron chi connectivity index (χ1n) is 6.09. The second kappa shape index (κ2) is 6.04. The van der Waals surface area contributed by atoms with Crippen molar-refractivity contribution in [1.29, 1.82) is 0 Å². The second-order valence-electron chi connectivity index (χ2n) is 5.14. The predicted molar refractivity (Wildman–Crippen MR) is 64.1 cm³/mol. The fourth-order valence-electron chi connectivity index (χ4n) is 1.37. The van der Waals surface area contributed by atoms with E-state index < -0.39 is 23.7 Å². The van der Waals surface area contributed by atoms with E-state index in [1.54, 1.807) is 27.7 Å². The molecule has 2 unspecified atom stereocenters. The summed E-state index contributed by atoms with van der Waals surface area (Å²) in [7, 11) is 0. The van der Waals surface area contributed by atoms with Gasteiger partial charge in [0.25, 0.3) is 0 Å². The molecule has 1 aliphatic heterocycles. The van der Waals surface area contributed by atoms with Crippen LogP contribution in [0.2, 0.25) is 0 Å². The van der Waals surface area contributed by atoms with Crippen molar-refractivity contribution in [1.82, 2.24) is 5.32 Å². The number of rotatable bonds is 5. The Hall–Kier alpha value is -1.30. The largest absolute Gasteiger partial charge is 0.464 e. The highest BCUT2D eigenvalue weighted by molar-refractivity contribution is 5.81. The molecule has 6 nitrogen and oxygen atoms in total. The number of carbonyl (C=O) groups excluding carboxylic acids is 2. The Bertz CT molecular complexity index is 306. The van der Waals surface area contributed by atoms with Crippen LogP contribution in [0.3, 0.4) is 0 Å². The van der Waals surface area contributed by atoms with Crippen molar-refractivity contribution in [3.05, 3.63) is 0 Å². The van der Waals surface area contributed by atoms with Crippen molar-refractivity contribution in [3.8, 4) is 0 Å². The second-order valence-corrected chi connectivity index (χ2v) is 5.14. The fourth-order valence-corrected chi connectivity index (χ4v) is 1.37. The van der Waals surface area contributed by atoms with Crippen molar-refractivity contribution < 1.29 is 23.8 Å². The summed E-state index contributed by atoms with van der Waals surface area (Å²) in [4.78, 5) is 23.3. The minimum absolute atomic E-state index is 0.0225. The van der Waals surface area contributed by atoms with Crippen molar-refractivity contribution in [2.24, 2.45) is 0 Å². The number of hydrogen-bond donors (Lipinski definition) is 1. The van der Waals surface area contributed by atoms with E-state index in [-0.39, 0.29) is 12.7 Å². The van der Waals surface area contributed by atoms with Gasteiger partial charge in [0.2, 0.25) is 0 Å². The number of nitrogens with one attached hydrogen (secondary N) is 1. The Balaban J connectivity index is 2.48. The van der Waals surface area contributed by atoms with E-state index in [2.05, 4.69) is 5.32 Å². The number of esters is 1. The number of epoxide rings is 1. The normalized spacial score (nSPS) is 19.9. The van der Waals surface area contributed by atoms with Gasteiger partial charge in [-0.2, -0.15) is 0 Å². The van der Waals surface area contributed by atoms with Crippen molar-refractivity contribution in [2.45, 2.75) is 51.9 Å². The lowest BCUT2D eigenvalue weighted by Gasteiger charge is -2.22. The zero-order valence-corrected chi connectivity index (χ0v) is 11.3. The molecule has 0 aliphatic carbocycles. The SMILES string of the molecule is CCOC(=O)C(CC1CO1)NC(=O)OC(C)(C)C. The van der Waals surface area contributed by atoms with E-state index in [0.717, 1.165) is 0 Å². The van der Waals surface area contributed by atoms with E-state index in [4.69, 9.17) is 14.2 Å². The van der Waals surface area contributed by atoms with Crippen LogP contribution in [0.5, 0.6) is 0 Å². The lowest BCUT2D eigenvalue weighted by Crippen LogP contribution is -2.45. The van der Waals surface area contributed by atoms with Crippen LogP contribution in [0.25, 0.3) is 0 Å². The molecule has 2 atom stereocenters. The van der Waals surface area contributed by atoms with Crippen LogP contribution in [0.1, 0.15) is 34.1 Å². The van der Waals surface area contributed by atoms with E-state index in [9.17, 15) is 9.59 Å². The lowest BCUT2D eigenvalue weighted by molar-refractivity contribution is -0.146. The third-order valence-electron chi connectivity index (χ3n) is 2.16. The highest BCUT2D eigenvalue weighted by Gasteiger charge is 2.33. The molecular formula is C12H21NO5. The monoisotopic (exact) mass is 259 g/mol. The summed E-state index contributed by atoms with van der Waals surface area (Å²) in [5.74, 6) is -0.459. The van der Waals surface area contributed by atoms with Crippen LogP contribution in [0.4, 0.5) is 4.79 Å². The maximum absolute atomic E-state index is 11.7. The van der Waals surface area contributed by atoms with Gasteiger partial charge in [-0.3, -0.25) is 0 Å². The third kappa shape index (κ3) is 5.86. The van der Waals surface area contributed by atoms with Crippen LogP contribution in [0, 0.1) is 0 Å². The lowest BCUT2D eigenvalue weighted by atomic mass is 10.1. The molecule has 0 saturated carbocycles. The first-order valence-corrected chi connectivity index (χ1v) is 6.09. The summed E-state index contributed by atoms with van der Waals surface area (Å²) in [6.45, 7) is 7.89. The van der Waals surface area contributed by atoms with Gasteiger partial charge in [0.05, 0.1) is 19.3 Å². The average Bonchev–Trinajstić information content (AvgIpc) is 2.98. The maximum atomic E-state index is 11.7. The zero-order chi connectivity index (χ0) is 13.8. The topological polar surface area (TPSA) is 77.2 Å². The zero-order valence-electron chi connectivity index (χ0n) is 11.3. The summed E-state index contributed by atoms with van der Waals surface area (Å²) in [5, 5.41) is 2.51. The van der Waals surface area contributed by atoms with Gasteiger partial charge in [-0.05, 0) is 27.7 Å². The highest BCUT2D eigenvalue weighted by Crippen LogP contribution is 2.17. The van der Waals surface area contributed by atoms with Crippen molar-refractivity contribution in [3.63, 3.8) is 0 Å². The Kier molecular flexibility index (Phi) is 4.95. The van der Waals surface area contributed by atoms with E-state index in [0.29, 0.717) is 13.0 Å². The molecular weight excluding hydrogens is 238 g/mol. The molecule has 18 heavy (non-hydrogen) atoms. The van der Waals surface area contributed by atoms with E-state index in [1.807, 2.05) is 0 Å². The van der Waals surface area contributed by atoms with Gasteiger partial charge in [-0.25, -0.2) is 9.59 Å². The average molecular weight is 259 g/mol.